The van der Waals surface area contributed by atoms with Crippen LogP contribution >= 0.6 is 12.2 Å². The Balaban J connectivity index is 2.51. The summed E-state index contributed by atoms with van der Waals surface area (Å²) in [5.74, 6) is 0. The van der Waals surface area contributed by atoms with Crippen molar-refractivity contribution in [2.75, 3.05) is 0 Å². The normalized spacial score (nSPS) is 36.5. The van der Waals surface area contributed by atoms with Gasteiger partial charge in [0.1, 0.15) is 0 Å². The maximum atomic E-state index is 11.8. The molecule has 0 aliphatic carbocycles. The summed E-state index contributed by atoms with van der Waals surface area (Å²) in [7, 11) is 0. The van der Waals surface area contributed by atoms with Gasteiger partial charge in [0.25, 0.3) is 0 Å². The van der Waals surface area contributed by atoms with Crippen LogP contribution in [0.15, 0.2) is 0 Å². The van der Waals surface area contributed by atoms with Crippen molar-refractivity contribution in [3.8, 4) is 0 Å². The molecule has 0 amide bonds. The van der Waals surface area contributed by atoms with Crippen LogP contribution in [0.1, 0.15) is 0 Å². The number of halogens is 2. The minimum absolute atomic E-state index is 0.468. The molecule has 0 aromatic rings. The molecule has 46 valence electrons. The average molecular weight is 140 g/mol. The van der Waals surface area contributed by atoms with E-state index in [4.69, 9.17) is 0 Å². The SMILES string of the molecule is FC1OC(=S)OC1F. The average Bonchev–Trinajstić information content (AvgIpc) is 1.85. The molecule has 2 unspecified atom stereocenters. The number of rotatable bonds is 0. The summed E-state index contributed by atoms with van der Waals surface area (Å²) in [5, 5.41) is -0.468. The zero-order valence-electron chi connectivity index (χ0n) is 3.64. The lowest BCUT2D eigenvalue weighted by Crippen LogP contribution is -2.09. The molecule has 2 atom stereocenters. The summed E-state index contributed by atoms with van der Waals surface area (Å²) in [4.78, 5) is 0. The Morgan fingerprint density at radius 1 is 1.25 bits per heavy atom. The van der Waals surface area contributed by atoms with Crippen LogP contribution in [-0.4, -0.2) is 18.0 Å². The highest BCUT2D eigenvalue weighted by Crippen LogP contribution is 2.16. The molecule has 0 bridgehead atoms. The van der Waals surface area contributed by atoms with Crippen molar-refractivity contribution >= 4 is 17.5 Å². The first kappa shape index (κ1) is 5.68. The second-order valence-corrected chi connectivity index (χ2v) is 1.52. The smallest absolute Gasteiger partial charge is 0.357 e. The minimum atomic E-state index is -2.04. The van der Waals surface area contributed by atoms with Crippen molar-refractivity contribution in [3.63, 3.8) is 0 Å². The van der Waals surface area contributed by atoms with Crippen molar-refractivity contribution < 1.29 is 18.3 Å². The largest absolute Gasteiger partial charge is 0.415 e. The summed E-state index contributed by atoms with van der Waals surface area (Å²) in [6.45, 7) is 0. The molecule has 0 radical (unpaired) electrons. The lowest BCUT2D eigenvalue weighted by Gasteiger charge is -1.93. The molecule has 1 saturated heterocycles. The Bertz CT molecular complexity index is 106. The van der Waals surface area contributed by atoms with Gasteiger partial charge in [-0.15, -0.1) is 0 Å². The van der Waals surface area contributed by atoms with Gasteiger partial charge in [-0.25, -0.2) is 0 Å². The third-order valence-corrected chi connectivity index (χ3v) is 0.816. The lowest BCUT2D eigenvalue weighted by atomic mass is 10.7. The van der Waals surface area contributed by atoms with Crippen LogP contribution in [-0.2, 0) is 9.47 Å². The Morgan fingerprint density at radius 2 is 1.62 bits per heavy atom. The highest BCUT2D eigenvalue weighted by atomic mass is 32.1. The number of ether oxygens (including phenoxy) is 2. The van der Waals surface area contributed by atoms with Gasteiger partial charge in [-0.3, -0.25) is 0 Å². The molecule has 0 saturated carbocycles. The summed E-state index contributed by atoms with van der Waals surface area (Å²) >= 11 is 4.15. The molecule has 8 heavy (non-hydrogen) atoms. The van der Waals surface area contributed by atoms with Crippen molar-refractivity contribution in [1.29, 1.82) is 0 Å². The molecule has 2 nitrogen and oxygen atoms in total. The third kappa shape index (κ3) is 0.861. The van der Waals surface area contributed by atoms with Gasteiger partial charge in [0.05, 0.1) is 0 Å². The van der Waals surface area contributed by atoms with Crippen LogP contribution in [0.2, 0.25) is 0 Å². The molecule has 1 heterocycles. The molecule has 1 aliphatic rings. The van der Waals surface area contributed by atoms with E-state index in [2.05, 4.69) is 21.7 Å². The molecule has 0 spiro atoms. The van der Waals surface area contributed by atoms with Crippen LogP contribution in [0.5, 0.6) is 0 Å². The first-order valence-corrected chi connectivity index (χ1v) is 2.26. The van der Waals surface area contributed by atoms with Crippen LogP contribution in [0.3, 0.4) is 0 Å². The van der Waals surface area contributed by atoms with Gasteiger partial charge >= 0.3 is 18.0 Å². The Morgan fingerprint density at radius 3 is 1.75 bits per heavy atom. The number of alkyl halides is 2. The Labute approximate surface area is 49.4 Å². The van der Waals surface area contributed by atoms with E-state index in [-0.39, 0.29) is 0 Å². The molecule has 1 rings (SSSR count). The van der Waals surface area contributed by atoms with E-state index in [0.717, 1.165) is 0 Å². The first-order valence-electron chi connectivity index (χ1n) is 1.85. The highest BCUT2D eigenvalue weighted by molar-refractivity contribution is 7.79. The molecule has 0 N–H and O–H groups in total. The molecule has 0 aromatic carbocycles. The van der Waals surface area contributed by atoms with Gasteiger partial charge in [0, 0.05) is 12.2 Å². The molecule has 0 aromatic heterocycles. The fourth-order valence-corrected chi connectivity index (χ4v) is 0.502. The van der Waals surface area contributed by atoms with E-state index >= 15 is 0 Å². The Hall–Kier alpha value is -0.450. The predicted octanol–water partition coefficient (Wildman–Crippen LogP) is 0.909. The summed E-state index contributed by atoms with van der Waals surface area (Å²) < 4.78 is 31.4. The first-order chi connectivity index (χ1) is 3.70. The van der Waals surface area contributed by atoms with E-state index in [1.54, 1.807) is 0 Å². The lowest BCUT2D eigenvalue weighted by molar-refractivity contribution is -0.0349. The monoisotopic (exact) mass is 140 g/mol. The van der Waals surface area contributed by atoms with Gasteiger partial charge < -0.3 is 9.47 Å². The summed E-state index contributed by atoms with van der Waals surface area (Å²) in [6.07, 6.45) is -4.08. The molecule has 5 heteroatoms. The van der Waals surface area contributed by atoms with Gasteiger partial charge in [0.2, 0.25) is 0 Å². The molecular formula is C3H2F2O2S. The highest BCUT2D eigenvalue weighted by Gasteiger charge is 2.33. The molecule has 1 aliphatic heterocycles. The zero-order chi connectivity index (χ0) is 6.15. The zero-order valence-corrected chi connectivity index (χ0v) is 4.45. The number of hydrogen-bond donors (Lipinski definition) is 0. The van der Waals surface area contributed by atoms with Crippen molar-refractivity contribution in [2.24, 2.45) is 0 Å². The van der Waals surface area contributed by atoms with E-state index in [9.17, 15) is 8.78 Å². The van der Waals surface area contributed by atoms with Crippen LogP contribution in [0, 0.1) is 0 Å². The molecular weight excluding hydrogens is 138 g/mol. The third-order valence-electron chi connectivity index (χ3n) is 0.624. The standard InChI is InChI=1S/C3H2F2O2S/c4-1-2(5)7-3(8)6-1/h1-2H. The maximum absolute atomic E-state index is 11.8. The van der Waals surface area contributed by atoms with Crippen molar-refractivity contribution in [3.05, 3.63) is 0 Å². The van der Waals surface area contributed by atoms with Crippen LogP contribution in [0.25, 0.3) is 0 Å². The van der Waals surface area contributed by atoms with E-state index in [1.807, 2.05) is 0 Å². The number of thiocarbonyl (C=S) groups is 1. The predicted molar refractivity (Wildman–Crippen MR) is 24.6 cm³/mol. The van der Waals surface area contributed by atoms with E-state index in [0.29, 0.717) is 0 Å². The molecule has 1 fully saturated rings. The van der Waals surface area contributed by atoms with E-state index in [1.165, 1.54) is 0 Å². The fraction of sp³-hybridized carbons (Fsp3) is 0.667. The Kier molecular flexibility index (Phi) is 1.29. The van der Waals surface area contributed by atoms with Gasteiger partial charge in [0.15, 0.2) is 0 Å². The minimum Gasteiger partial charge on any atom is -0.415 e. The van der Waals surface area contributed by atoms with Gasteiger partial charge in [-0.1, -0.05) is 0 Å². The van der Waals surface area contributed by atoms with Crippen molar-refractivity contribution in [2.45, 2.75) is 12.7 Å². The second kappa shape index (κ2) is 1.81. The van der Waals surface area contributed by atoms with Crippen molar-refractivity contribution in [1.82, 2.24) is 0 Å². The second-order valence-electron chi connectivity index (χ2n) is 1.19. The maximum Gasteiger partial charge on any atom is 0.357 e. The van der Waals surface area contributed by atoms with Gasteiger partial charge in [-0.05, 0) is 0 Å². The quantitative estimate of drug-likeness (QED) is 0.466. The topological polar surface area (TPSA) is 18.5 Å². The fourth-order valence-electron chi connectivity index (χ4n) is 0.319. The van der Waals surface area contributed by atoms with Crippen LogP contribution < -0.4 is 0 Å². The summed E-state index contributed by atoms with van der Waals surface area (Å²) in [6, 6.07) is 0. The summed E-state index contributed by atoms with van der Waals surface area (Å²) in [5.41, 5.74) is 0. The van der Waals surface area contributed by atoms with Gasteiger partial charge in [-0.2, -0.15) is 8.78 Å². The van der Waals surface area contributed by atoms with Crippen LogP contribution in [0.4, 0.5) is 8.78 Å². The van der Waals surface area contributed by atoms with E-state index < -0.39 is 18.0 Å². The number of hydrogen-bond acceptors (Lipinski definition) is 3.